The van der Waals surface area contributed by atoms with E-state index in [1.807, 2.05) is 13.0 Å². The van der Waals surface area contributed by atoms with Gasteiger partial charge in [-0.25, -0.2) is 0 Å². The second-order valence-electron chi connectivity index (χ2n) is 3.77. The number of halogens is 1. The summed E-state index contributed by atoms with van der Waals surface area (Å²) in [4.78, 5) is 11.8. The second kappa shape index (κ2) is 5.01. The average Bonchev–Trinajstić information content (AvgIpc) is 2.78. The summed E-state index contributed by atoms with van der Waals surface area (Å²) in [6.07, 6.45) is 3.40. The summed E-state index contributed by atoms with van der Waals surface area (Å²) in [5.74, 6) is -0.184. The van der Waals surface area contributed by atoms with E-state index in [0.29, 0.717) is 17.1 Å². The summed E-state index contributed by atoms with van der Waals surface area (Å²) in [5, 5.41) is 9.73. The molecule has 4 nitrogen and oxygen atoms in total. The van der Waals surface area contributed by atoms with Crippen molar-refractivity contribution in [2.45, 2.75) is 13.5 Å². The summed E-state index contributed by atoms with van der Waals surface area (Å²) in [6.45, 7) is 2.36. The molecule has 0 fully saturated rings. The van der Waals surface area contributed by atoms with Crippen LogP contribution in [0, 0.1) is 6.92 Å². The molecule has 0 aliphatic rings. The number of hydrogen-bond donors (Lipinski definition) is 2. The van der Waals surface area contributed by atoms with Crippen molar-refractivity contribution in [1.29, 1.82) is 0 Å². The van der Waals surface area contributed by atoms with Crippen LogP contribution in [-0.4, -0.2) is 16.1 Å². The van der Waals surface area contributed by atoms with E-state index < -0.39 is 0 Å². The third kappa shape index (κ3) is 2.85. The molecule has 2 N–H and O–H groups in total. The minimum atomic E-state index is -0.184. The SMILES string of the molecule is Cc1ccc(C(=O)NCc2cn[nH]c2)c(Cl)c1. The number of nitrogens with zero attached hydrogens (tertiary/aromatic N) is 1. The van der Waals surface area contributed by atoms with Gasteiger partial charge in [0, 0.05) is 18.3 Å². The number of carbonyl (C=O) groups is 1. The Labute approximate surface area is 104 Å². The van der Waals surface area contributed by atoms with Crippen molar-refractivity contribution in [2.75, 3.05) is 0 Å². The molecule has 88 valence electrons. The van der Waals surface area contributed by atoms with Crippen LogP contribution in [0.15, 0.2) is 30.6 Å². The summed E-state index contributed by atoms with van der Waals surface area (Å²) in [6, 6.07) is 5.36. The van der Waals surface area contributed by atoms with Crippen molar-refractivity contribution in [3.8, 4) is 0 Å². The number of hydrogen-bond acceptors (Lipinski definition) is 2. The van der Waals surface area contributed by atoms with Gasteiger partial charge >= 0.3 is 0 Å². The molecule has 1 amide bonds. The van der Waals surface area contributed by atoms with Crippen LogP contribution in [0.5, 0.6) is 0 Å². The highest BCUT2D eigenvalue weighted by atomic mass is 35.5. The van der Waals surface area contributed by atoms with Crippen molar-refractivity contribution in [3.63, 3.8) is 0 Å². The quantitative estimate of drug-likeness (QED) is 0.877. The van der Waals surface area contributed by atoms with E-state index in [1.54, 1.807) is 24.5 Å². The van der Waals surface area contributed by atoms with Gasteiger partial charge < -0.3 is 5.32 Å². The molecule has 0 aliphatic carbocycles. The number of H-pyrrole nitrogens is 1. The van der Waals surface area contributed by atoms with Crippen LogP contribution in [0.4, 0.5) is 0 Å². The number of amides is 1. The Kier molecular flexibility index (Phi) is 3.44. The monoisotopic (exact) mass is 249 g/mol. The van der Waals surface area contributed by atoms with Crippen LogP contribution in [0.3, 0.4) is 0 Å². The molecule has 17 heavy (non-hydrogen) atoms. The molecule has 1 aromatic carbocycles. The highest BCUT2D eigenvalue weighted by Crippen LogP contribution is 2.17. The van der Waals surface area contributed by atoms with E-state index in [4.69, 9.17) is 11.6 Å². The lowest BCUT2D eigenvalue weighted by Gasteiger charge is -2.06. The molecule has 0 aliphatic heterocycles. The molecule has 0 saturated heterocycles. The van der Waals surface area contributed by atoms with Crippen LogP contribution in [0.25, 0.3) is 0 Å². The van der Waals surface area contributed by atoms with Gasteiger partial charge in [-0.15, -0.1) is 0 Å². The molecule has 0 radical (unpaired) electrons. The van der Waals surface area contributed by atoms with Gasteiger partial charge in [-0.2, -0.15) is 5.10 Å². The zero-order chi connectivity index (χ0) is 12.3. The highest BCUT2D eigenvalue weighted by Gasteiger charge is 2.09. The standard InChI is InChI=1S/C12H12ClN3O/c1-8-2-3-10(11(13)4-8)12(17)14-5-9-6-15-16-7-9/h2-4,6-7H,5H2,1H3,(H,14,17)(H,15,16). The fourth-order valence-corrected chi connectivity index (χ4v) is 1.78. The first-order valence-electron chi connectivity index (χ1n) is 5.19. The maximum Gasteiger partial charge on any atom is 0.253 e. The molecular formula is C12H12ClN3O. The number of aromatic nitrogens is 2. The minimum absolute atomic E-state index is 0.184. The highest BCUT2D eigenvalue weighted by molar-refractivity contribution is 6.33. The molecule has 5 heteroatoms. The Morgan fingerprint density at radius 1 is 1.53 bits per heavy atom. The molecule has 0 saturated carbocycles. The zero-order valence-corrected chi connectivity index (χ0v) is 10.1. The van der Waals surface area contributed by atoms with Gasteiger partial charge in [0.15, 0.2) is 0 Å². The summed E-state index contributed by atoms with van der Waals surface area (Å²) in [5.41, 5.74) is 2.43. The van der Waals surface area contributed by atoms with Crippen LogP contribution < -0.4 is 5.32 Å². The number of benzene rings is 1. The number of nitrogens with one attached hydrogen (secondary N) is 2. The molecule has 2 rings (SSSR count). The van der Waals surface area contributed by atoms with Crippen molar-refractivity contribution in [1.82, 2.24) is 15.5 Å². The number of aromatic amines is 1. The Balaban J connectivity index is 2.04. The van der Waals surface area contributed by atoms with Crippen molar-refractivity contribution >= 4 is 17.5 Å². The van der Waals surface area contributed by atoms with E-state index in [1.165, 1.54) is 0 Å². The lowest BCUT2D eigenvalue weighted by atomic mass is 10.1. The Morgan fingerprint density at radius 2 is 2.35 bits per heavy atom. The molecular weight excluding hydrogens is 238 g/mol. The largest absolute Gasteiger partial charge is 0.348 e. The third-order valence-corrected chi connectivity index (χ3v) is 2.69. The van der Waals surface area contributed by atoms with Gasteiger partial charge in [-0.1, -0.05) is 17.7 Å². The number of aryl methyl sites for hydroxylation is 1. The van der Waals surface area contributed by atoms with E-state index in [-0.39, 0.29) is 5.91 Å². The number of carbonyl (C=O) groups excluding carboxylic acids is 1. The average molecular weight is 250 g/mol. The predicted molar refractivity (Wildman–Crippen MR) is 65.9 cm³/mol. The van der Waals surface area contributed by atoms with Crippen LogP contribution in [0.2, 0.25) is 5.02 Å². The van der Waals surface area contributed by atoms with E-state index >= 15 is 0 Å². The molecule has 1 heterocycles. The maximum atomic E-state index is 11.8. The third-order valence-electron chi connectivity index (χ3n) is 2.38. The summed E-state index contributed by atoms with van der Waals surface area (Å²) >= 11 is 6.01. The molecule has 0 atom stereocenters. The fourth-order valence-electron chi connectivity index (χ4n) is 1.46. The Morgan fingerprint density at radius 3 is 3.00 bits per heavy atom. The Bertz CT molecular complexity index is 523. The van der Waals surface area contributed by atoms with Gasteiger partial charge in [0.05, 0.1) is 16.8 Å². The minimum Gasteiger partial charge on any atom is -0.348 e. The maximum absolute atomic E-state index is 11.8. The van der Waals surface area contributed by atoms with Crippen LogP contribution >= 0.6 is 11.6 Å². The molecule has 0 spiro atoms. The molecule has 0 bridgehead atoms. The van der Waals surface area contributed by atoms with E-state index in [9.17, 15) is 4.79 Å². The first-order valence-corrected chi connectivity index (χ1v) is 5.56. The lowest BCUT2D eigenvalue weighted by Crippen LogP contribution is -2.22. The van der Waals surface area contributed by atoms with Crippen molar-refractivity contribution < 1.29 is 4.79 Å². The zero-order valence-electron chi connectivity index (χ0n) is 9.33. The number of rotatable bonds is 3. The van der Waals surface area contributed by atoms with Gasteiger partial charge in [0.1, 0.15) is 0 Å². The molecule has 2 aromatic rings. The Hall–Kier alpha value is -1.81. The molecule has 0 unspecified atom stereocenters. The lowest BCUT2D eigenvalue weighted by molar-refractivity contribution is 0.0951. The van der Waals surface area contributed by atoms with E-state index in [2.05, 4.69) is 15.5 Å². The van der Waals surface area contributed by atoms with Crippen molar-refractivity contribution in [2.24, 2.45) is 0 Å². The first kappa shape index (κ1) is 11.7. The van der Waals surface area contributed by atoms with Crippen LogP contribution in [0.1, 0.15) is 21.5 Å². The predicted octanol–water partition coefficient (Wildman–Crippen LogP) is 2.30. The molecule has 1 aromatic heterocycles. The van der Waals surface area contributed by atoms with Crippen molar-refractivity contribution in [3.05, 3.63) is 52.3 Å². The fraction of sp³-hybridized carbons (Fsp3) is 0.167. The van der Waals surface area contributed by atoms with Gasteiger partial charge in [0.2, 0.25) is 0 Å². The first-order chi connectivity index (χ1) is 8.16. The van der Waals surface area contributed by atoms with Gasteiger partial charge in [-0.3, -0.25) is 9.89 Å². The van der Waals surface area contributed by atoms with E-state index in [0.717, 1.165) is 11.1 Å². The van der Waals surface area contributed by atoms with Crippen LogP contribution in [-0.2, 0) is 6.54 Å². The smallest absolute Gasteiger partial charge is 0.253 e. The summed E-state index contributed by atoms with van der Waals surface area (Å²) < 4.78 is 0. The second-order valence-corrected chi connectivity index (χ2v) is 4.18. The normalized spacial score (nSPS) is 10.2. The summed E-state index contributed by atoms with van der Waals surface area (Å²) in [7, 11) is 0. The van der Waals surface area contributed by atoms with Gasteiger partial charge in [-0.05, 0) is 24.6 Å². The topological polar surface area (TPSA) is 57.8 Å². The van der Waals surface area contributed by atoms with Gasteiger partial charge in [0.25, 0.3) is 5.91 Å².